The lowest BCUT2D eigenvalue weighted by Gasteiger charge is -2.20. The highest BCUT2D eigenvalue weighted by atomic mass is 32.1. The van der Waals surface area contributed by atoms with Gasteiger partial charge in [0.25, 0.3) is 0 Å². The maximum absolute atomic E-state index is 11.0. The van der Waals surface area contributed by atoms with Crippen LogP contribution in [0.2, 0.25) is 19.6 Å². The molecule has 0 radical (unpaired) electrons. The van der Waals surface area contributed by atoms with Crippen molar-refractivity contribution in [1.82, 2.24) is 0 Å². The minimum absolute atomic E-state index is 0.0123. The van der Waals surface area contributed by atoms with Crippen LogP contribution in [0.4, 0.5) is 0 Å². The molecule has 0 amide bonds. The lowest BCUT2D eigenvalue weighted by atomic mass is 10.4. The van der Waals surface area contributed by atoms with Crippen molar-refractivity contribution in [1.29, 1.82) is 0 Å². The summed E-state index contributed by atoms with van der Waals surface area (Å²) in [6.07, 6.45) is 0. The van der Waals surface area contributed by atoms with E-state index in [0.29, 0.717) is 0 Å². The molecule has 0 unspecified atom stereocenters. The monoisotopic (exact) mass is 233 g/mol. The van der Waals surface area contributed by atoms with Gasteiger partial charge in [0.2, 0.25) is 13.4 Å². The molecule has 80 valence electrons. The van der Waals surface area contributed by atoms with E-state index in [1.54, 1.807) is 0 Å². The molecule has 0 aromatic heterocycles. The number of hydrogen-bond donors (Lipinski definition) is 1. The minimum Gasteiger partial charge on any atom is -0.543 e. The predicted molar refractivity (Wildman–Crippen MR) is 62.0 cm³/mol. The molecule has 0 aromatic carbocycles. The molecule has 0 saturated carbocycles. The molecule has 6 heteroatoms. The molecule has 0 bridgehead atoms. The van der Waals surface area contributed by atoms with Gasteiger partial charge in [0.1, 0.15) is 12.9 Å². The summed E-state index contributed by atoms with van der Waals surface area (Å²) in [6, 6.07) is 0. The zero-order valence-corrected chi connectivity index (χ0v) is 10.7. The summed E-state index contributed by atoms with van der Waals surface area (Å²) in [6.45, 7) is 9.55. The van der Waals surface area contributed by atoms with Gasteiger partial charge in [0.15, 0.2) is 5.71 Å². The van der Waals surface area contributed by atoms with E-state index in [1.165, 1.54) is 7.11 Å². The van der Waals surface area contributed by atoms with Gasteiger partial charge in [-0.3, -0.25) is 4.79 Å². The molecular weight excluding hydrogens is 218 g/mol. The Morgan fingerprint density at radius 2 is 1.93 bits per heavy atom. The first-order chi connectivity index (χ1) is 6.28. The van der Waals surface area contributed by atoms with E-state index in [1.807, 2.05) is 19.6 Å². The Balaban J connectivity index is 4.64. The summed E-state index contributed by atoms with van der Waals surface area (Å²) >= 11 is 3.64. The van der Waals surface area contributed by atoms with Crippen molar-refractivity contribution < 1.29 is 14.1 Å². The van der Waals surface area contributed by atoms with Crippen LogP contribution >= 0.6 is 12.6 Å². The van der Waals surface area contributed by atoms with Gasteiger partial charge in [-0.05, 0) is 19.6 Å². The Morgan fingerprint density at radius 3 is 2.21 bits per heavy atom. The van der Waals surface area contributed by atoms with Crippen molar-refractivity contribution in [3.63, 3.8) is 0 Å². The molecule has 0 atom stereocenters. The molecule has 0 aliphatic rings. The summed E-state index contributed by atoms with van der Waals surface area (Å²) in [7, 11) is -0.434. The SMILES string of the molecule is C=C(O[Si](C)(C)C)/C(=N\OC)C(=O)S. The van der Waals surface area contributed by atoms with Gasteiger partial charge >= 0.3 is 0 Å². The molecular formula is C8H15NO3SSi. The first-order valence-electron chi connectivity index (χ1n) is 4.00. The molecule has 0 N–H and O–H groups in total. The lowest BCUT2D eigenvalue weighted by Crippen LogP contribution is -2.28. The second-order valence-corrected chi connectivity index (χ2v) is 8.40. The van der Waals surface area contributed by atoms with Crippen molar-refractivity contribution >= 4 is 31.8 Å². The fourth-order valence-electron chi connectivity index (χ4n) is 0.718. The van der Waals surface area contributed by atoms with Crippen LogP contribution in [0.25, 0.3) is 0 Å². The van der Waals surface area contributed by atoms with Crippen LogP contribution in [0.3, 0.4) is 0 Å². The van der Waals surface area contributed by atoms with Gasteiger partial charge in [-0.1, -0.05) is 24.4 Å². The third-order valence-electron chi connectivity index (χ3n) is 1.08. The average Bonchev–Trinajstić information content (AvgIpc) is 1.95. The first-order valence-corrected chi connectivity index (χ1v) is 7.86. The number of rotatable bonds is 5. The summed E-state index contributed by atoms with van der Waals surface area (Å²) in [5, 5.41) is 2.98. The van der Waals surface area contributed by atoms with Crippen LogP contribution in [0, 0.1) is 0 Å². The van der Waals surface area contributed by atoms with E-state index in [9.17, 15) is 4.79 Å². The normalized spacial score (nSPS) is 12.2. The third kappa shape index (κ3) is 5.08. The van der Waals surface area contributed by atoms with E-state index in [4.69, 9.17) is 4.43 Å². The van der Waals surface area contributed by atoms with E-state index in [2.05, 4.69) is 29.2 Å². The second-order valence-electron chi connectivity index (χ2n) is 3.57. The lowest BCUT2D eigenvalue weighted by molar-refractivity contribution is -0.105. The average molecular weight is 233 g/mol. The van der Waals surface area contributed by atoms with Gasteiger partial charge in [-0.15, -0.1) is 0 Å². The standard InChI is InChI=1S/C8H15NO3SSi/c1-6(12-14(3,4)5)7(8(10)13)9-11-2/h1H2,2-5H3,(H,10,13)/b9-7+. The van der Waals surface area contributed by atoms with E-state index >= 15 is 0 Å². The minimum atomic E-state index is -1.78. The molecule has 4 nitrogen and oxygen atoms in total. The van der Waals surface area contributed by atoms with Gasteiger partial charge < -0.3 is 9.26 Å². The molecule has 0 aromatic rings. The Morgan fingerprint density at radius 1 is 1.43 bits per heavy atom. The van der Waals surface area contributed by atoms with Crippen LogP contribution in [0.1, 0.15) is 0 Å². The van der Waals surface area contributed by atoms with Crippen LogP contribution < -0.4 is 0 Å². The Kier molecular flexibility index (Phi) is 4.93. The number of nitrogens with zero attached hydrogens (tertiary/aromatic N) is 1. The highest BCUT2D eigenvalue weighted by molar-refractivity contribution is 7.99. The number of carbonyl (C=O) groups is 1. The Hall–Kier alpha value is -0.753. The topological polar surface area (TPSA) is 47.9 Å². The van der Waals surface area contributed by atoms with E-state index < -0.39 is 13.4 Å². The molecule has 14 heavy (non-hydrogen) atoms. The van der Waals surface area contributed by atoms with Gasteiger partial charge in [0.05, 0.1) is 0 Å². The van der Waals surface area contributed by atoms with Crippen LogP contribution in [0.15, 0.2) is 17.5 Å². The Labute approximate surface area is 90.5 Å². The van der Waals surface area contributed by atoms with Crippen molar-refractivity contribution in [3.8, 4) is 0 Å². The fourth-order valence-corrected chi connectivity index (χ4v) is 1.72. The summed E-state index contributed by atoms with van der Waals surface area (Å²) < 4.78 is 5.48. The van der Waals surface area contributed by atoms with Crippen LogP contribution in [-0.2, 0) is 14.1 Å². The molecule has 0 saturated heterocycles. The molecule has 0 fully saturated rings. The molecule has 0 rings (SSSR count). The predicted octanol–water partition coefficient (Wildman–Crippen LogP) is 1.81. The van der Waals surface area contributed by atoms with Crippen LogP contribution in [0.5, 0.6) is 0 Å². The van der Waals surface area contributed by atoms with Gasteiger partial charge in [-0.2, -0.15) is 0 Å². The smallest absolute Gasteiger partial charge is 0.242 e. The van der Waals surface area contributed by atoms with Crippen molar-refractivity contribution in [2.24, 2.45) is 5.16 Å². The van der Waals surface area contributed by atoms with Crippen molar-refractivity contribution in [3.05, 3.63) is 12.3 Å². The van der Waals surface area contributed by atoms with Crippen molar-refractivity contribution in [2.75, 3.05) is 7.11 Å². The quantitative estimate of drug-likeness (QED) is 0.259. The summed E-state index contributed by atoms with van der Waals surface area (Å²) in [5.41, 5.74) is 0.0123. The third-order valence-corrected chi connectivity index (χ3v) is 2.15. The molecule has 0 aliphatic carbocycles. The number of carbonyl (C=O) groups excluding carboxylic acids is 1. The number of thiol groups is 1. The zero-order chi connectivity index (χ0) is 11.4. The molecule has 0 spiro atoms. The summed E-state index contributed by atoms with van der Waals surface area (Å²) in [5.74, 6) is 0.214. The van der Waals surface area contributed by atoms with Gasteiger partial charge in [0, 0.05) is 0 Å². The molecule has 0 aliphatic heterocycles. The first kappa shape index (κ1) is 13.2. The zero-order valence-electron chi connectivity index (χ0n) is 8.83. The second kappa shape index (κ2) is 5.21. The number of hydrogen-bond acceptors (Lipinski definition) is 4. The highest BCUT2D eigenvalue weighted by Crippen LogP contribution is 2.11. The largest absolute Gasteiger partial charge is 0.543 e. The molecule has 0 heterocycles. The van der Waals surface area contributed by atoms with Crippen LogP contribution in [-0.4, -0.2) is 26.3 Å². The van der Waals surface area contributed by atoms with Crippen molar-refractivity contribution in [2.45, 2.75) is 19.6 Å². The Bertz CT molecular complexity index is 270. The maximum Gasteiger partial charge on any atom is 0.242 e. The maximum atomic E-state index is 11.0. The van der Waals surface area contributed by atoms with E-state index in [-0.39, 0.29) is 11.5 Å². The number of allylic oxidation sites excluding steroid dienone is 1. The van der Waals surface area contributed by atoms with Gasteiger partial charge in [-0.25, -0.2) is 0 Å². The highest BCUT2D eigenvalue weighted by Gasteiger charge is 2.22. The summed E-state index contributed by atoms with van der Waals surface area (Å²) in [4.78, 5) is 15.5. The van der Waals surface area contributed by atoms with E-state index in [0.717, 1.165) is 0 Å². The number of oxime groups is 1. The fraction of sp³-hybridized carbons (Fsp3) is 0.500.